The van der Waals surface area contributed by atoms with Crippen LogP contribution in [-0.2, 0) is 6.42 Å². The number of hydrogen-bond acceptors (Lipinski definition) is 1. The van der Waals surface area contributed by atoms with Crippen LogP contribution < -0.4 is 4.74 Å². The second-order valence-corrected chi connectivity index (χ2v) is 5.32. The number of hydrogen-bond donors (Lipinski definition) is 0. The lowest BCUT2D eigenvalue weighted by Crippen LogP contribution is -2.02. The molecule has 0 saturated heterocycles. The highest BCUT2D eigenvalue weighted by atomic mass is 79.9. The van der Waals surface area contributed by atoms with Gasteiger partial charge in [0.1, 0.15) is 5.75 Å². The molecule has 0 fully saturated rings. The predicted octanol–water partition coefficient (Wildman–Crippen LogP) is 5.14. The van der Waals surface area contributed by atoms with Crippen molar-refractivity contribution in [2.24, 2.45) is 0 Å². The molecule has 0 N–H and O–H groups in total. The van der Waals surface area contributed by atoms with E-state index >= 15 is 0 Å². The number of unbranched alkanes of at least 4 members (excludes halogenated alkanes) is 1. The lowest BCUT2D eigenvalue weighted by Gasteiger charge is -2.15. The van der Waals surface area contributed by atoms with Crippen molar-refractivity contribution in [2.45, 2.75) is 32.6 Å². The molecule has 1 nitrogen and oxygen atoms in total. The minimum absolute atomic E-state index is 0.810. The number of allylic oxidation sites excluding steroid dienone is 3. The van der Waals surface area contributed by atoms with E-state index in [2.05, 4.69) is 59.3 Å². The van der Waals surface area contributed by atoms with Crippen LogP contribution in [0.2, 0.25) is 0 Å². The molecule has 0 bridgehead atoms. The van der Waals surface area contributed by atoms with Gasteiger partial charge in [0.15, 0.2) is 0 Å². The zero-order valence-electron chi connectivity index (χ0n) is 10.8. The summed E-state index contributed by atoms with van der Waals surface area (Å²) in [6, 6.07) is 4.16. The first kappa shape index (κ1) is 13.4. The van der Waals surface area contributed by atoms with Gasteiger partial charge in [-0.2, -0.15) is 0 Å². The Balaban J connectivity index is 2.29. The van der Waals surface area contributed by atoms with Crippen LogP contribution in [0.5, 0.6) is 5.75 Å². The Morgan fingerprint density at radius 1 is 1.28 bits per heavy atom. The third-order valence-electron chi connectivity index (χ3n) is 3.09. The summed E-state index contributed by atoms with van der Waals surface area (Å²) in [5.41, 5.74) is 2.58. The minimum Gasteiger partial charge on any atom is -0.493 e. The SMILES string of the molecule is CCCCOc1ccc(Br)c2c1CC/C=C/C=C2. The second kappa shape index (κ2) is 6.79. The Bertz CT molecular complexity index is 460. The number of rotatable bonds is 4. The van der Waals surface area contributed by atoms with E-state index in [0.29, 0.717) is 0 Å². The van der Waals surface area contributed by atoms with Gasteiger partial charge in [-0.3, -0.25) is 0 Å². The van der Waals surface area contributed by atoms with Gasteiger partial charge < -0.3 is 4.74 Å². The largest absolute Gasteiger partial charge is 0.493 e. The molecule has 0 saturated carbocycles. The van der Waals surface area contributed by atoms with Gasteiger partial charge in [-0.15, -0.1) is 0 Å². The Hall–Kier alpha value is -1.02. The van der Waals surface area contributed by atoms with Crippen LogP contribution in [0.4, 0.5) is 0 Å². The Morgan fingerprint density at radius 2 is 2.17 bits per heavy atom. The van der Waals surface area contributed by atoms with E-state index in [4.69, 9.17) is 4.74 Å². The summed E-state index contributed by atoms with van der Waals surface area (Å²) in [6.07, 6.45) is 13.0. The van der Waals surface area contributed by atoms with Gasteiger partial charge in [-0.1, -0.05) is 53.6 Å². The van der Waals surface area contributed by atoms with Gasteiger partial charge in [-0.25, -0.2) is 0 Å². The zero-order chi connectivity index (χ0) is 12.8. The first-order valence-electron chi connectivity index (χ1n) is 6.60. The van der Waals surface area contributed by atoms with E-state index in [0.717, 1.165) is 36.1 Å². The lowest BCUT2D eigenvalue weighted by molar-refractivity contribution is 0.306. The van der Waals surface area contributed by atoms with Gasteiger partial charge in [-0.05, 0) is 37.0 Å². The molecule has 0 aromatic heterocycles. The maximum absolute atomic E-state index is 5.92. The van der Waals surface area contributed by atoms with E-state index in [9.17, 15) is 0 Å². The van der Waals surface area contributed by atoms with E-state index in [1.165, 1.54) is 17.5 Å². The van der Waals surface area contributed by atoms with Gasteiger partial charge in [0.05, 0.1) is 6.61 Å². The average Bonchev–Trinajstić information content (AvgIpc) is 2.33. The zero-order valence-corrected chi connectivity index (χ0v) is 12.4. The molecule has 0 heterocycles. The van der Waals surface area contributed by atoms with Crippen LogP contribution in [0.25, 0.3) is 6.08 Å². The molecule has 1 aromatic rings. The quantitative estimate of drug-likeness (QED) is 0.700. The smallest absolute Gasteiger partial charge is 0.123 e. The summed E-state index contributed by atoms with van der Waals surface area (Å²) in [5.74, 6) is 1.04. The van der Waals surface area contributed by atoms with E-state index in [1.54, 1.807) is 0 Å². The number of ether oxygens (including phenoxy) is 1. The van der Waals surface area contributed by atoms with Crippen LogP contribution in [0.15, 0.2) is 34.8 Å². The van der Waals surface area contributed by atoms with Crippen molar-refractivity contribution < 1.29 is 4.74 Å². The highest BCUT2D eigenvalue weighted by molar-refractivity contribution is 9.10. The standard InChI is InChI=1S/C16H19BrO/c1-2-3-12-18-16-11-10-15(17)13-8-6-4-5-7-9-14(13)16/h4-6,8,10-11H,2-3,7,9,12H2,1H3/b5-4+,8-6?. The second-order valence-electron chi connectivity index (χ2n) is 4.47. The van der Waals surface area contributed by atoms with Gasteiger partial charge in [0.2, 0.25) is 0 Å². The monoisotopic (exact) mass is 306 g/mol. The van der Waals surface area contributed by atoms with Crippen LogP contribution in [0.3, 0.4) is 0 Å². The molecule has 0 spiro atoms. The molecule has 1 aromatic carbocycles. The Labute approximate surface area is 118 Å². The minimum atomic E-state index is 0.810. The Kier molecular flexibility index (Phi) is 5.06. The van der Waals surface area contributed by atoms with Crippen LogP contribution in [0, 0.1) is 0 Å². The fourth-order valence-electron chi connectivity index (χ4n) is 2.07. The molecule has 0 unspecified atom stereocenters. The molecule has 0 radical (unpaired) electrons. The first-order valence-corrected chi connectivity index (χ1v) is 7.39. The van der Waals surface area contributed by atoms with Crippen molar-refractivity contribution in [1.29, 1.82) is 0 Å². The number of fused-ring (bicyclic) bond motifs is 1. The fourth-order valence-corrected chi connectivity index (χ4v) is 2.57. The topological polar surface area (TPSA) is 9.23 Å². The molecule has 96 valence electrons. The number of benzene rings is 1. The highest BCUT2D eigenvalue weighted by Gasteiger charge is 2.11. The third-order valence-corrected chi connectivity index (χ3v) is 3.78. The molecule has 18 heavy (non-hydrogen) atoms. The van der Waals surface area contributed by atoms with Gasteiger partial charge in [0, 0.05) is 10.0 Å². The van der Waals surface area contributed by atoms with E-state index in [-0.39, 0.29) is 0 Å². The summed E-state index contributed by atoms with van der Waals surface area (Å²) in [6.45, 7) is 2.99. The summed E-state index contributed by atoms with van der Waals surface area (Å²) < 4.78 is 7.06. The fraction of sp³-hybridized carbons (Fsp3) is 0.375. The molecule has 0 aliphatic heterocycles. The summed E-state index contributed by atoms with van der Waals surface area (Å²) in [5, 5.41) is 0. The summed E-state index contributed by atoms with van der Waals surface area (Å²) in [4.78, 5) is 0. The van der Waals surface area contributed by atoms with Crippen molar-refractivity contribution >= 4 is 22.0 Å². The van der Waals surface area contributed by atoms with Crippen LogP contribution >= 0.6 is 15.9 Å². The maximum atomic E-state index is 5.92. The van der Waals surface area contributed by atoms with Crippen LogP contribution in [-0.4, -0.2) is 6.61 Å². The molecule has 2 rings (SSSR count). The first-order chi connectivity index (χ1) is 8.83. The lowest BCUT2D eigenvalue weighted by atomic mass is 9.99. The summed E-state index contributed by atoms with van der Waals surface area (Å²) in [7, 11) is 0. The van der Waals surface area contributed by atoms with Crippen molar-refractivity contribution in [3.63, 3.8) is 0 Å². The average molecular weight is 307 g/mol. The molecular weight excluding hydrogens is 288 g/mol. The molecule has 0 amide bonds. The van der Waals surface area contributed by atoms with Crippen molar-refractivity contribution in [3.05, 3.63) is 46.0 Å². The predicted molar refractivity (Wildman–Crippen MR) is 81.0 cm³/mol. The van der Waals surface area contributed by atoms with E-state index in [1.807, 2.05) is 0 Å². The molecule has 1 aliphatic rings. The number of halogens is 1. The Morgan fingerprint density at radius 3 is 3.00 bits per heavy atom. The van der Waals surface area contributed by atoms with Gasteiger partial charge >= 0.3 is 0 Å². The molecule has 0 atom stereocenters. The summed E-state index contributed by atoms with van der Waals surface area (Å²) >= 11 is 3.63. The van der Waals surface area contributed by atoms with Gasteiger partial charge in [0.25, 0.3) is 0 Å². The third kappa shape index (κ3) is 3.26. The maximum Gasteiger partial charge on any atom is 0.123 e. The molecule has 1 aliphatic carbocycles. The normalized spacial score (nSPS) is 15.7. The van der Waals surface area contributed by atoms with Crippen LogP contribution in [0.1, 0.15) is 37.3 Å². The molecule has 2 heteroatoms. The van der Waals surface area contributed by atoms with Crippen molar-refractivity contribution in [2.75, 3.05) is 6.61 Å². The van der Waals surface area contributed by atoms with E-state index < -0.39 is 0 Å². The van der Waals surface area contributed by atoms with Crippen molar-refractivity contribution in [1.82, 2.24) is 0 Å². The highest BCUT2D eigenvalue weighted by Crippen LogP contribution is 2.32. The van der Waals surface area contributed by atoms with Crippen molar-refractivity contribution in [3.8, 4) is 5.75 Å². The molecular formula is C16H19BrO.